The van der Waals surface area contributed by atoms with Gasteiger partial charge in [0.1, 0.15) is 0 Å². The second kappa shape index (κ2) is 10.1. The number of likely N-dealkylation sites (tertiary alicyclic amines) is 2. The fraction of sp³-hybridized carbons (Fsp3) is 0.640. The van der Waals surface area contributed by atoms with Gasteiger partial charge in [-0.1, -0.05) is 18.2 Å². The SMILES string of the molecule is CCOC(=O)N1CCC(NC(=O)C2CC23CCN(C(=O)Cc2cccc(C(F)(F)F)c2)CC3)CC1. The van der Waals surface area contributed by atoms with Crippen molar-refractivity contribution in [2.24, 2.45) is 11.3 Å². The van der Waals surface area contributed by atoms with E-state index in [0.29, 0.717) is 51.2 Å². The van der Waals surface area contributed by atoms with E-state index in [1.54, 1.807) is 16.7 Å². The van der Waals surface area contributed by atoms with Crippen molar-refractivity contribution >= 4 is 17.9 Å². The van der Waals surface area contributed by atoms with Gasteiger partial charge in [0.05, 0.1) is 18.6 Å². The van der Waals surface area contributed by atoms with E-state index >= 15 is 0 Å². The molecule has 0 aromatic heterocycles. The lowest BCUT2D eigenvalue weighted by molar-refractivity contribution is -0.138. The molecule has 2 aliphatic heterocycles. The third kappa shape index (κ3) is 5.90. The molecule has 192 valence electrons. The molecule has 1 aromatic rings. The zero-order valence-electron chi connectivity index (χ0n) is 19.9. The number of ether oxygens (including phenoxy) is 1. The Hall–Kier alpha value is -2.78. The van der Waals surface area contributed by atoms with Crippen LogP contribution in [0.3, 0.4) is 0 Å². The van der Waals surface area contributed by atoms with Gasteiger partial charge in [-0.25, -0.2) is 4.79 Å². The average Bonchev–Trinajstić information content (AvgIpc) is 3.53. The lowest BCUT2D eigenvalue weighted by atomic mass is 9.90. The Morgan fingerprint density at radius 1 is 1.09 bits per heavy atom. The number of hydrogen-bond donors (Lipinski definition) is 1. The number of carbonyl (C=O) groups excluding carboxylic acids is 3. The highest BCUT2D eigenvalue weighted by Crippen LogP contribution is 2.59. The highest BCUT2D eigenvalue weighted by atomic mass is 19.4. The van der Waals surface area contributed by atoms with Gasteiger partial charge in [0.15, 0.2) is 0 Å². The van der Waals surface area contributed by atoms with Crippen LogP contribution in [0.5, 0.6) is 0 Å². The van der Waals surface area contributed by atoms with Gasteiger partial charge in [-0.2, -0.15) is 13.2 Å². The Labute approximate surface area is 203 Å². The topological polar surface area (TPSA) is 79.0 Å². The van der Waals surface area contributed by atoms with Crippen molar-refractivity contribution in [2.45, 2.75) is 57.7 Å². The molecule has 1 aromatic carbocycles. The van der Waals surface area contributed by atoms with Crippen molar-refractivity contribution in [2.75, 3.05) is 32.8 Å². The standard InChI is InChI=1S/C25H32F3N3O4/c1-2-35-23(34)31-10-6-19(7-11-31)29-22(33)20-16-24(20)8-12-30(13-9-24)21(32)15-17-4-3-5-18(14-17)25(26,27)28/h3-5,14,19-20H,2,6-13,15-16H2,1H3,(H,29,33). The van der Waals surface area contributed by atoms with Crippen molar-refractivity contribution in [3.05, 3.63) is 35.4 Å². The molecule has 1 aliphatic carbocycles. The summed E-state index contributed by atoms with van der Waals surface area (Å²) in [5.41, 5.74) is -0.482. The summed E-state index contributed by atoms with van der Waals surface area (Å²) in [4.78, 5) is 40.7. The minimum Gasteiger partial charge on any atom is -0.450 e. The van der Waals surface area contributed by atoms with Crippen molar-refractivity contribution < 1.29 is 32.3 Å². The molecule has 1 saturated carbocycles. The van der Waals surface area contributed by atoms with Crippen molar-refractivity contribution in [3.63, 3.8) is 0 Å². The van der Waals surface area contributed by atoms with E-state index < -0.39 is 11.7 Å². The summed E-state index contributed by atoms with van der Waals surface area (Å²) in [6.45, 7) is 4.25. The number of alkyl halides is 3. The lowest BCUT2D eigenvalue weighted by Crippen LogP contribution is -2.47. The first-order chi connectivity index (χ1) is 16.6. The van der Waals surface area contributed by atoms with Crippen LogP contribution in [0, 0.1) is 11.3 Å². The third-order valence-electron chi connectivity index (χ3n) is 7.60. The van der Waals surface area contributed by atoms with Crippen molar-refractivity contribution in [1.29, 1.82) is 0 Å². The number of nitrogens with one attached hydrogen (secondary N) is 1. The minimum absolute atomic E-state index is 0.0416. The maximum atomic E-state index is 12.9. The number of piperidine rings is 2. The van der Waals surface area contributed by atoms with Gasteiger partial charge in [0.25, 0.3) is 0 Å². The smallest absolute Gasteiger partial charge is 0.416 e. The maximum absolute atomic E-state index is 12.9. The van der Waals surface area contributed by atoms with Gasteiger partial charge in [-0.05, 0) is 56.1 Å². The molecule has 1 unspecified atom stereocenters. The van der Waals surface area contributed by atoms with Gasteiger partial charge >= 0.3 is 12.3 Å². The molecule has 0 bridgehead atoms. The molecule has 4 rings (SSSR count). The Balaban J connectivity index is 1.21. The monoisotopic (exact) mass is 495 g/mol. The van der Waals surface area contributed by atoms with Crippen LogP contribution in [-0.2, 0) is 26.9 Å². The second-order valence-corrected chi connectivity index (χ2v) is 9.84. The maximum Gasteiger partial charge on any atom is 0.416 e. The highest BCUT2D eigenvalue weighted by molar-refractivity contribution is 5.83. The van der Waals surface area contributed by atoms with Crippen LogP contribution in [0.1, 0.15) is 50.2 Å². The van der Waals surface area contributed by atoms with E-state index in [-0.39, 0.29) is 41.7 Å². The number of amides is 3. The zero-order valence-corrected chi connectivity index (χ0v) is 19.9. The molecule has 35 heavy (non-hydrogen) atoms. The number of nitrogens with zero attached hydrogens (tertiary/aromatic N) is 2. The van der Waals surface area contributed by atoms with Crippen LogP contribution in [0.2, 0.25) is 0 Å². The molecule has 1 spiro atoms. The van der Waals surface area contributed by atoms with Crippen LogP contribution in [-0.4, -0.2) is 66.5 Å². The number of hydrogen-bond acceptors (Lipinski definition) is 4. The van der Waals surface area contributed by atoms with Crippen molar-refractivity contribution in [3.8, 4) is 0 Å². The summed E-state index contributed by atoms with van der Waals surface area (Å²) in [5, 5.41) is 3.14. The van der Waals surface area contributed by atoms with E-state index in [2.05, 4.69) is 5.32 Å². The van der Waals surface area contributed by atoms with Gasteiger partial charge in [-0.15, -0.1) is 0 Å². The summed E-state index contributed by atoms with van der Waals surface area (Å²) in [7, 11) is 0. The van der Waals surface area contributed by atoms with Crippen LogP contribution in [0.15, 0.2) is 24.3 Å². The van der Waals surface area contributed by atoms with Crippen LogP contribution in [0.25, 0.3) is 0 Å². The van der Waals surface area contributed by atoms with Gasteiger partial charge in [0.2, 0.25) is 11.8 Å². The first kappa shape index (κ1) is 25.3. The summed E-state index contributed by atoms with van der Waals surface area (Å²) >= 11 is 0. The average molecular weight is 496 g/mol. The number of rotatable bonds is 5. The zero-order chi connectivity index (χ0) is 25.2. The van der Waals surface area contributed by atoms with E-state index in [4.69, 9.17) is 4.74 Å². The molecule has 10 heteroatoms. The summed E-state index contributed by atoms with van der Waals surface area (Å²) in [5.74, 6) is -0.205. The molecule has 2 saturated heterocycles. The molecule has 3 fully saturated rings. The number of carbonyl (C=O) groups is 3. The van der Waals surface area contributed by atoms with Crippen LogP contribution < -0.4 is 5.32 Å². The molecular formula is C25H32F3N3O4. The number of halogens is 3. The van der Waals surface area contributed by atoms with Gasteiger partial charge in [-0.3, -0.25) is 9.59 Å². The Morgan fingerprint density at radius 2 is 1.77 bits per heavy atom. The molecule has 3 aliphatic rings. The Bertz CT molecular complexity index is 952. The lowest BCUT2D eigenvalue weighted by Gasteiger charge is -2.34. The predicted molar refractivity (Wildman–Crippen MR) is 121 cm³/mol. The molecule has 7 nitrogen and oxygen atoms in total. The van der Waals surface area contributed by atoms with E-state index in [0.717, 1.165) is 31.4 Å². The molecule has 3 amide bonds. The Morgan fingerprint density at radius 3 is 2.40 bits per heavy atom. The van der Waals surface area contributed by atoms with E-state index in [1.807, 2.05) is 0 Å². The predicted octanol–water partition coefficient (Wildman–Crippen LogP) is 3.61. The normalized spacial score (nSPS) is 22.1. The largest absolute Gasteiger partial charge is 0.450 e. The third-order valence-corrected chi connectivity index (χ3v) is 7.60. The number of benzene rings is 1. The minimum atomic E-state index is -4.43. The molecule has 1 N–H and O–H groups in total. The van der Waals surface area contributed by atoms with Gasteiger partial charge < -0.3 is 19.9 Å². The molecule has 1 atom stereocenters. The van der Waals surface area contributed by atoms with Crippen LogP contribution in [0.4, 0.5) is 18.0 Å². The van der Waals surface area contributed by atoms with Crippen LogP contribution >= 0.6 is 0 Å². The molecule has 2 heterocycles. The first-order valence-electron chi connectivity index (χ1n) is 12.3. The quantitative estimate of drug-likeness (QED) is 0.677. The molecule has 0 radical (unpaired) electrons. The van der Waals surface area contributed by atoms with E-state index in [1.165, 1.54) is 12.1 Å². The van der Waals surface area contributed by atoms with Gasteiger partial charge in [0, 0.05) is 38.1 Å². The summed E-state index contributed by atoms with van der Waals surface area (Å²) < 4.78 is 43.8. The first-order valence-corrected chi connectivity index (χ1v) is 12.3. The fourth-order valence-corrected chi connectivity index (χ4v) is 5.34. The Kier molecular flexibility index (Phi) is 7.28. The second-order valence-electron chi connectivity index (χ2n) is 9.84. The van der Waals surface area contributed by atoms with E-state index in [9.17, 15) is 27.6 Å². The fourth-order valence-electron chi connectivity index (χ4n) is 5.34. The van der Waals surface area contributed by atoms with Crippen molar-refractivity contribution in [1.82, 2.24) is 15.1 Å². The highest BCUT2D eigenvalue weighted by Gasteiger charge is 2.58. The molecular weight excluding hydrogens is 463 g/mol. The summed E-state index contributed by atoms with van der Waals surface area (Å²) in [6.07, 6.45) is -1.17. The summed E-state index contributed by atoms with van der Waals surface area (Å²) in [6, 6.07) is 4.93.